The molecule has 0 saturated carbocycles. The maximum atomic E-state index is 13.3. The summed E-state index contributed by atoms with van der Waals surface area (Å²) in [6, 6.07) is 5.47. The van der Waals surface area contributed by atoms with Gasteiger partial charge in [-0.3, -0.25) is 4.99 Å². The molecular weight excluding hydrogens is 401 g/mol. The molecule has 154 valence electrons. The third-order valence-electron chi connectivity index (χ3n) is 4.93. The van der Waals surface area contributed by atoms with E-state index in [1.54, 1.807) is 25.3 Å². The van der Waals surface area contributed by atoms with Gasteiger partial charge >= 0.3 is 6.18 Å². The van der Waals surface area contributed by atoms with Crippen LogP contribution in [0.15, 0.2) is 35.5 Å². The Morgan fingerprint density at radius 2 is 1.83 bits per heavy atom. The number of halogens is 4. The van der Waals surface area contributed by atoms with Gasteiger partial charge in [-0.25, -0.2) is 9.97 Å². The molecule has 0 fully saturated rings. The van der Waals surface area contributed by atoms with Crippen molar-refractivity contribution in [3.8, 4) is 0 Å². The minimum atomic E-state index is -4.41. The van der Waals surface area contributed by atoms with Gasteiger partial charge in [-0.2, -0.15) is 13.2 Å². The number of rotatable bonds is 3. The van der Waals surface area contributed by atoms with Gasteiger partial charge in [-0.15, -0.1) is 0 Å². The standard InChI is InChI=1S/C21H22ClF3N4/c1-11(2)29-14(5)28-20(16-9-19(22)26-10-18(16)29)27-13(4)15-7-6-8-17(12(15)3)21(23,24)25/h6-11,13H,1-5H3/b27-20-. The van der Waals surface area contributed by atoms with E-state index in [4.69, 9.17) is 11.6 Å². The van der Waals surface area contributed by atoms with Crippen molar-refractivity contribution in [2.75, 3.05) is 0 Å². The number of hydrogen-bond donors (Lipinski definition) is 0. The molecule has 0 N–H and O–H groups in total. The van der Waals surface area contributed by atoms with Crippen molar-refractivity contribution >= 4 is 22.5 Å². The fraction of sp³-hybridized carbons (Fsp3) is 0.381. The van der Waals surface area contributed by atoms with E-state index in [2.05, 4.69) is 15.0 Å². The number of alkyl halides is 3. The second-order valence-electron chi connectivity index (χ2n) is 7.29. The molecule has 3 aromatic rings. The Balaban J connectivity index is 2.24. The predicted molar refractivity (Wildman–Crippen MR) is 108 cm³/mol. The van der Waals surface area contributed by atoms with Crippen molar-refractivity contribution in [1.29, 1.82) is 0 Å². The van der Waals surface area contributed by atoms with Gasteiger partial charge in [0.1, 0.15) is 11.0 Å². The third kappa shape index (κ3) is 4.15. The first kappa shape index (κ1) is 21.3. The minimum absolute atomic E-state index is 0.144. The van der Waals surface area contributed by atoms with E-state index in [9.17, 15) is 13.2 Å². The summed E-state index contributed by atoms with van der Waals surface area (Å²) in [5, 5.41) is 1.01. The Kier molecular flexibility index (Phi) is 5.72. The lowest BCUT2D eigenvalue weighted by molar-refractivity contribution is -0.138. The van der Waals surface area contributed by atoms with Crippen LogP contribution < -0.4 is 5.49 Å². The van der Waals surface area contributed by atoms with Crippen LogP contribution >= 0.6 is 11.6 Å². The van der Waals surface area contributed by atoms with Gasteiger partial charge < -0.3 is 4.57 Å². The van der Waals surface area contributed by atoms with E-state index >= 15 is 0 Å². The summed E-state index contributed by atoms with van der Waals surface area (Å²) in [6.07, 6.45) is -2.73. The molecule has 1 atom stereocenters. The average molecular weight is 423 g/mol. The molecule has 3 rings (SSSR count). The predicted octanol–water partition coefficient (Wildman–Crippen LogP) is 5.96. The van der Waals surface area contributed by atoms with Crippen LogP contribution in [0.5, 0.6) is 0 Å². The van der Waals surface area contributed by atoms with Gasteiger partial charge in [0.25, 0.3) is 0 Å². The lowest BCUT2D eigenvalue weighted by Gasteiger charge is -2.19. The zero-order valence-electron chi connectivity index (χ0n) is 16.8. The van der Waals surface area contributed by atoms with Gasteiger partial charge in [0.15, 0.2) is 5.49 Å². The van der Waals surface area contributed by atoms with Crippen molar-refractivity contribution in [1.82, 2.24) is 14.5 Å². The number of aryl methyl sites for hydroxylation is 1. The zero-order chi connectivity index (χ0) is 21.5. The van der Waals surface area contributed by atoms with Crippen molar-refractivity contribution in [3.63, 3.8) is 0 Å². The van der Waals surface area contributed by atoms with Crippen LogP contribution in [0.3, 0.4) is 0 Å². The van der Waals surface area contributed by atoms with E-state index in [0.29, 0.717) is 21.6 Å². The summed E-state index contributed by atoms with van der Waals surface area (Å²) < 4.78 is 41.9. The van der Waals surface area contributed by atoms with Crippen LogP contribution in [0, 0.1) is 13.8 Å². The Labute approximate surface area is 172 Å². The highest BCUT2D eigenvalue weighted by molar-refractivity contribution is 6.30. The number of hydrogen-bond acceptors (Lipinski definition) is 3. The first-order chi connectivity index (χ1) is 13.5. The molecule has 0 radical (unpaired) electrons. The van der Waals surface area contributed by atoms with E-state index < -0.39 is 17.8 Å². The SMILES string of the molecule is Cc1c(C(C)/N=c2\nc(C)n(C(C)C)c3cnc(Cl)cc23)cccc1C(F)(F)F. The second-order valence-corrected chi connectivity index (χ2v) is 7.68. The second kappa shape index (κ2) is 7.78. The summed E-state index contributed by atoms with van der Waals surface area (Å²) in [5.41, 5.74) is 1.29. The molecule has 0 amide bonds. The normalized spacial score (nSPS) is 14.1. The van der Waals surface area contributed by atoms with Gasteiger partial charge in [0.2, 0.25) is 0 Å². The first-order valence-electron chi connectivity index (χ1n) is 9.25. The van der Waals surface area contributed by atoms with Crippen molar-refractivity contribution in [3.05, 3.63) is 63.6 Å². The van der Waals surface area contributed by atoms with Crippen LogP contribution in [0.25, 0.3) is 10.9 Å². The summed E-state index contributed by atoms with van der Waals surface area (Å²) in [4.78, 5) is 13.5. The summed E-state index contributed by atoms with van der Waals surface area (Å²) in [5.74, 6) is 0.739. The van der Waals surface area contributed by atoms with Gasteiger partial charge in [-0.05, 0) is 57.9 Å². The highest BCUT2D eigenvalue weighted by Crippen LogP contribution is 2.35. The van der Waals surface area contributed by atoms with Crippen LogP contribution in [0.4, 0.5) is 13.2 Å². The highest BCUT2D eigenvalue weighted by atomic mass is 35.5. The van der Waals surface area contributed by atoms with E-state index in [0.717, 1.165) is 17.4 Å². The van der Waals surface area contributed by atoms with E-state index in [1.807, 2.05) is 25.3 Å². The van der Waals surface area contributed by atoms with Crippen molar-refractivity contribution in [2.45, 2.75) is 52.9 Å². The third-order valence-corrected chi connectivity index (χ3v) is 5.14. The zero-order valence-corrected chi connectivity index (χ0v) is 17.6. The molecule has 0 bridgehead atoms. The smallest absolute Gasteiger partial charge is 0.326 e. The molecule has 0 aliphatic rings. The quantitative estimate of drug-likeness (QED) is 0.488. The fourth-order valence-electron chi connectivity index (χ4n) is 3.65. The summed E-state index contributed by atoms with van der Waals surface area (Å²) in [7, 11) is 0. The molecule has 4 nitrogen and oxygen atoms in total. The Bertz CT molecular complexity index is 1130. The van der Waals surface area contributed by atoms with E-state index in [1.165, 1.54) is 13.0 Å². The molecule has 29 heavy (non-hydrogen) atoms. The topological polar surface area (TPSA) is 43.1 Å². The van der Waals surface area contributed by atoms with Crippen LogP contribution in [-0.2, 0) is 6.18 Å². The Morgan fingerprint density at radius 1 is 1.14 bits per heavy atom. The molecule has 0 aliphatic heterocycles. The van der Waals surface area contributed by atoms with E-state index in [-0.39, 0.29) is 11.6 Å². The lowest BCUT2D eigenvalue weighted by Crippen LogP contribution is -2.20. The number of fused-ring (bicyclic) bond motifs is 1. The largest absolute Gasteiger partial charge is 0.416 e. The molecule has 2 aromatic heterocycles. The highest BCUT2D eigenvalue weighted by Gasteiger charge is 2.33. The number of nitrogens with zero attached hydrogens (tertiary/aromatic N) is 4. The lowest BCUT2D eigenvalue weighted by atomic mass is 9.97. The molecule has 0 spiro atoms. The van der Waals surface area contributed by atoms with Gasteiger partial charge in [0.05, 0.1) is 23.3 Å². The van der Waals surface area contributed by atoms with Crippen LogP contribution in [0.1, 0.15) is 55.4 Å². The molecule has 8 heteroatoms. The van der Waals surface area contributed by atoms with Gasteiger partial charge in [0, 0.05) is 11.4 Å². The molecular formula is C21H22ClF3N4. The van der Waals surface area contributed by atoms with Gasteiger partial charge in [-0.1, -0.05) is 23.7 Å². The monoisotopic (exact) mass is 422 g/mol. The summed E-state index contributed by atoms with van der Waals surface area (Å²) in [6.45, 7) is 9.17. The maximum absolute atomic E-state index is 13.3. The maximum Gasteiger partial charge on any atom is 0.416 e. The molecule has 0 saturated heterocycles. The van der Waals surface area contributed by atoms with Crippen molar-refractivity contribution in [2.24, 2.45) is 4.99 Å². The molecule has 1 unspecified atom stereocenters. The molecule has 2 heterocycles. The molecule has 0 aliphatic carbocycles. The Morgan fingerprint density at radius 3 is 2.45 bits per heavy atom. The number of pyridine rings is 1. The Hall–Kier alpha value is -2.41. The number of aromatic nitrogens is 3. The molecule has 1 aromatic carbocycles. The average Bonchev–Trinajstić information content (AvgIpc) is 2.61. The fourth-order valence-corrected chi connectivity index (χ4v) is 3.81. The first-order valence-corrected chi connectivity index (χ1v) is 9.63. The van der Waals surface area contributed by atoms with Crippen LogP contribution in [-0.4, -0.2) is 14.5 Å². The minimum Gasteiger partial charge on any atom is -0.326 e. The number of benzene rings is 1. The van der Waals surface area contributed by atoms with Crippen LogP contribution in [0.2, 0.25) is 5.15 Å². The summed E-state index contributed by atoms with van der Waals surface area (Å²) >= 11 is 6.10. The van der Waals surface area contributed by atoms with Crippen molar-refractivity contribution < 1.29 is 13.2 Å².